The molecule has 0 spiro atoms. The molecule has 0 fully saturated rings. The first-order valence-electron chi connectivity index (χ1n) is 20.5. The molecule has 4 aromatic carbocycles. The molecule has 6 heterocycles. The lowest BCUT2D eigenvalue weighted by molar-refractivity contribution is 0.629. The topological polar surface area (TPSA) is 77.3 Å². The Labute approximate surface area is 418 Å². The van der Waals surface area contributed by atoms with Crippen molar-refractivity contribution in [2.75, 3.05) is 0 Å². The molecule has 6 aromatic heterocycles. The average Bonchev–Trinajstić information content (AvgIpc) is 3.30. The van der Waals surface area contributed by atoms with Crippen LogP contribution in [-0.2, 0) is 0 Å². The maximum atomic E-state index is 13.9. The highest BCUT2D eigenvalue weighted by molar-refractivity contribution is 6.40. The molecule has 344 valence electrons. The summed E-state index contributed by atoms with van der Waals surface area (Å²) in [5, 5.41) is 4.63. The fraction of sp³-hybridized carbons (Fsp3) is 0.115. The highest BCUT2D eigenvalue weighted by Gasteiger charge is 2.17. The summed E-state index contributed by atoms with van der Waals surface area (Å²) in [6.45, 7) is 11.2. The van der Waals surface area contributed by atoms with E-state index < -0.39 is 0 Å². The molecule has 0 aliphatic rings. The van der Waals surface area contributed by atoms with Crippen molar-refractivity contribution < 1.29 is 17.6 Å². The number of rotatable bonds is 2. The summed E-state index contributed by atoms with van der Waals surface area (Å²) in [5.74, 6) is -1.40. The third kappa shape index (κ3) is 10.8. The maximum absolute atomic E-state index is 13.9. The van der Waals surface area contributed by atoms with E-state index in [4.69, 9.17) is 69.6 Å². The van der Waals surface area contributed by atoms with Crippen molar-refractivity contribution in [1.82, 2.24) is 29.9 Å². The van der Waals surface area contributed by atoms with Crippen molar-refractivity contribution in [3.05, 3.63) is 197 Å². The minimum atomic E-state index is -0.375. The fourth-order valence-corrected chi connectivity index (χ4v) is 8.52. The summed E-state index contributed by atoms with van der Waals surface area (Å²) in [4.78, 5) is 25.8. The molecule has 0 saturated heterocycles. The first-order chi connectivity index (χ1) is 32.3. The SMILES string of the molecule is Cc1c(Cl)nc2cc(F)ccc2c1Cl.Cc1c(Cl)nc2cccc(F)c2c1Cl.Cc1ccnc(-c2nc3cc(F)ccc3c(Cl)c2C)c1.Cc1ccnc(-c2nc3cccc(F)c3c(Cl)c2C)c1. The highest BCUT2D eigenvalue weighted by Crippen LogP contribution is 2.36. The van der Waals surface area contributed by atoms with Crippen LogP contribution in [-0.4, -0.2) is 29.9 Å². The van der Waals surface area contributed by atoms with Crippen molar-refractivity contribution in [3.8, 4) is 22.8 Å². The Bertz CT molecular complexity index is 3520. The largest absolute Gasteiger partial charge is 0.255 e. The van der Waals surface area contributed by atoms with E-state index in [0.717, 1.165) is 44.4 Å². The molecule has 0 radical (unpaired) electrons. The number of hydrogen-bond donors (Lipinski definition) is 0. The van der Waals surface area contributed by atoms with Gasteiger partial charge in [-0.25, -0.2) is 37.5 Å². The Hall–Kier alpha value is -5.72. The molecule has 0 atom stereocenters. The number of halogens is 10. The summed E-state index contributed by atoms with van der Waals surface area (Å²) in [5.41, 5.74) is 10.00. The molecule has 0 aliphatic carbocycles. The van der Waals surface area contributed by atoms with Gasteiger partial charge in [-0.05, 0) is 137 Å². The van der Waals surface area contributed by atoms with Crippen LogP contribution >= 0.6 is 69.6 Å². The molecule has 10 aromatic rings. The van der Waals surface area contributed by atoms with Gasteiger partial charge >= 0.3 is 0 Å². The van der Waals surface area contributed by atoms with Gasteiger partial charge in [0.1, 0.15) is 33.6 Å². The third-order valence-corrected chi connectivity index (χ3v) is 13.3. The predicted molar refractivity (Wildman–Crippen MR) is 272 cm³/mol. The van der Waals surface area contributed by atoms with E-state index in [-0.39, 0.29) is 23.3 Å². The number of benzene rings is 4. The highest BCUT2D eigenvalue weighted by atomic mass is 35.5. The Morgan fingerprint density at radius 1 is 0.382 bits per heavy atom. The van der Waals surface area contributed by atoms with E-state index in [1.807, 2.05) is 52.0 Å². The van der Waals surface area contributed by atoms with Crippen LogP contribution in [0.15, 0.2) is 109 Å². The quantitative estimate of drug-likeness (QED) is 0.127. The van der Waals surface area contributed by atoms with Crippen LogP contribution in [0.3, 0.4) is 0 Å². The summed E-state index contributed by atoms with van der Waals surface area (Å²) >= 11 is 36.4. The van der Waals surface area contributed by atoms with Crippen LogP contribution < -0.4 is 0 Å². The number of fused-ring (bicyclic) bond motifs is 4. The van der Waals surface area contributed by atoms with Gasteiger partial charge in [0.2, 0.25) is 0 Å². The minimum absolute atomic E-state index is 0.313. The zero-order chi connectivity index (χ0) is 49.1. The number of nitrogens with zero attached hydrogens (tertiary/aromatic N) is 6. The van der Waals surface area contributed by atoms with E-state index in [1.54, 1.807) is 62.6 Å². The van der Waals surface area contributed by atoms with E-state index in [0.29, 0.717) is 85.8 Å². The Kier molecular flexibility index (Phi) is 15.7. The third-order valence-electron chi connectivity index (χ3n) is 10.7. The molecule has 16 heteroatoms. The van der Waals surface area contributed by atoms with Gasteiger partial charge < -0.3 is 0 Å². The van der Waals surface area contributed by atoms with Gasteiger partial charge in [-0.1, -0.05) is 81.7 Å². The molecule has 0 amide bonds. The number of aromatic nitrogens is 6. The second kappa shape index (κ2) is 21.3. The van der Waals surface area contributed by atoms with E-state index in [1.165, 1.54) is 36.4 Å². The van der Waals surface area contributed by atoms with E-state index >= 15 is 0 Å². The van der Waals surface area contributed by atoms with Crippen LogP contribution in [0.4, 0.5) is 17.6 Å². The zero-order valence-corrected chi connectivity index (χ0v) is 41.4. The van der Waals surface area contributed by atoms with Crippen LogP contribution in [0.1, 0.15) is 33.4 Å². The summed E-state index contributed by atoms with van der Waals surface area (Å²) < 4.78 is 53.5. The Morgan fingerprint density at radius 3 is 1.25 bits per heavy atom. The van der Waals surface area contributed by atoms with Crippen molar-refractivity contribution in [1.29, 1.82) is 0 Å². The molecule has 0 unspecified atom stereocenters. The number of pyridine rings is 6. The fourth-order valence-electron chi connectivity index (χ4n) is 7.00. The molecular formula is C52H36Cl6F4N6. The summed E-state index contributed by atoms with van der Waals surface area (Å²) in [6, 6.07) is 25.8. The molecule has 10 rings (SSSR count). The molecule has 68 heavy (non-hydrogen) atoms. The lowest BCUT2D eigenvalue weighted by atomic mass is 10.1. The normalized spacial score (nSPS) is 10.9. The Balaban J connectivity index is 0.000000136. The lowest BCUT2D eigenvalue weighted by Crippen LogP contribution is -1.96. The van der Waals surface area contributed by atoms with Crippen LogP contribution in [0.25, 0.3) is 66.4 Å². The van der Waals surface area contributed by atoms with Crippen molar-refractivity contribution in [2.24, 2.45) is 0 Å². The van der Waals surface area contributed by atoms with Gasteiger partial charge in [-0.15, -0.1) is 0 Å². The van der Waals surface area contributed by atoms with E-state index in [2.05, 4.69) is 29.9 Å². The average molecular weight is 1030 g/mol. The molecule has 6 nitrogen and oxygen atoms in total. The molecule has 0 N–H and O–H groups in total. The van der Waals surface area contributed by atoms with Gasteiger partial charge in [0.25, 0.3) is 0 Å². The second-order valence-corrected chi connectivity index (χ2v) is 17.7. The zero-order valence-electron chi connectivity index (χ0n) is 36.9. The van der Waals surface area contributed by atoms with Gasteiger partial charge in [0, 0.05) is 46.4 Å². The van der Waals surface area contributed by atoms with Crippen molar-refractivity contribution in [2.45, 2.75) is 41.5 Å². The first kappa shape index (κ1) is 50.2. The van der Waals surface area contributed by atoms with Gasteiger partial charge in [0.15, 0.2) is 0 Å². The summed E-state index contributed by atoms with van der Waals surface area (Å²) in [6.07, 6.45) is 3.46. The van der Waals surface area contributed by atoms with Gasteiger partial charge in [-0.3, -0.25) is 9.97 Å². The summed E-state index contributed by atoms with van der Waals surface area (Å²) in [7, 11) is 0. The van der Waals surface area contributed by atoms with Crippen LogP contribution in [0.5, 0.6) is 0 Å². The second-order valence-electron chi connectivity index (χ2n) is 15.5. The van der Waals surface area contributed by atoms with Gasteiger partial charge in [-0.2, -0.15) is 0 Å². The molecule has 0 bridgehead atoms. The van der Waals surface area contributed by atoms with E-state index in [9.17, 15) is 17.6 Å². The monoisotopic (exact) mass is 1030 g/mol. The smallest absolute Gasteiger partial charge is 0.134 e. The number of hydrogen-bond acceptors (Lipinski definition) is 6. The van der Waals surface area contributed by atoms with Crippen molar-refractivity contribution in [3.63, 3.8) is 0 Å². The predicted octanol–water partition coefficient (Wildman–Crippen LogP) is 17.4. The molecular weight excluding hydrogens is 997 g/mol. The Morgan fingerprint density at radius 2 is 0.765 bits per heavy atom. The van der Waals surface area contributed by atoms with Crippen LogP contribution in [0.2, 0.25) is 30.4 Å². The maximum Gasteiger partial charge on any atom is 0.134 e. The van der Waals surface area contributed by atoms with Crippen molar-refractivity contribution >= 4 is 113 Å². The lowest BCUT2D eigenvalue weighted by Gasteiger charge is -2.10. The molecule has 0 aliphatic heterocycles. The minimum Gasteiger partial charge on any atom is -0.255 e. The van der Waals surface area contributed by atoms with Crippen LogP contribution in [0, 0.1) is 64.8 Å². The standard InChI is InChI=1S/2C16H12ClFN2.2C10H6Cl2FN/c1-9-5-6-19-14(7-9)16-10(2)15(17)12-4-3-11(18)8-13(12)20-16;1-9-6-7-19-13(8-9)16-10(2)15(17)14-11(18)4-3-5-12(14)20-16;1-5-9(11)7-3-2-6(13)4-8(7)14-10(5)12;1-5-9(11)8-6(13)3-2-4-7(8)14-10(5)12/h2*3-8H,1-2H3;2*2-4H,1H3. The van der Waals surface area contributed by atoms with Gasteiger partial charge in [0.05, 0.1) is 75.7 Å². The number of aryl methyl sites for hydroxylation is 2. The molecule has 0 saturated carbocycles. The first-order valence-corrected chi connectivity index (χ1v) is 22.8.